The zero-order valence-corrected chi connectivity index (χ0v) is 4.04. The molecule has 1 heterocycles. The molecule has 0 bridgehead atoms. The predicted octanol–water partition coefficient (Wildman–Crippen LogP) is 0.302. The molecular formula is C5H8N2. The summed E-state index contributed by atoms with van der Waals surface area (Å²) in [4.78, 5) is 3.83. The van der Waals surface area contributed by atoms with Crippen LogP contribution in [0.1, 0.15) is 6.42 Å². The monoisotopic (exact) mass is 96.1 g/mol. The van der Waals surface area contributed by atoms with E-state index in [1.54, 1.807) is 12.4 Å². The molecule has 7 heavy (non-hydrogen) atoms. The summed E-state index contributed by atoms with van der Waals surface area (Å²) in [5.74, 6) is 0. The van der Waals surface area contributed by atoms with Gasteiger partial charge in [0.05, 0.1) is 0 Å². The molecular weight excluding hydrogens is 88.1 g/mol. The lowest BCUT2D eigenvalue weighted by atomic mass is 10.2. The first kappa shape index (κ1) is 4.53. The molecule has 38 valence electrons. The molecule has 0 aliphatic carbocycles. The van der Waals surface area contributed by atoms with Gasteiger partial charge in [-0.2, -0.15) is 0 Å². The van der Waals surface area contributed by atoms with Gasteiger partial charge in [0.2, 0.25) is 0 Å². The molecule has 1 aliphatic rings. The number of aliphatic imine (C=N–C) groups is 1. The summed E-state index contributed by atoms with van der Waals surface area (Å²) in [5.41, 5.74) is 5.43. The predicted molar refractivity (Wildman–Crippen MR) is 30.2 cm³/mol. The van der Waals surface area contributed by atoms with Crippen molar-refractivity contribution in [2.24, 2.45) is 10.7 Å². The van der Waals surface area contributed by atoms with Crippen LogP contribution >= 0.6 is 0 Å². The number of nitrogens with zero attached hydrogens (tertiary/aromatic N) is 1. The van der Waals surface area contributed by atoms with E-state index in [2.05, 4.69) is 4.99 Å². The van der Waals surface area contributed by atoms with Crippen LogP contribution in [0.5, 0.6) is 0 Å². The Morgan fingerprint density at radius 1 is 1.71 bits per heavy atom. The number of hydrogen-bond acceptors (Lipinski definition) is 2. The molecule has 0 fully saturated rings. The molecule has 0 aromatic heterocycles. The van der Waals surface area contributed by atoms with Gasteiger partial charge < -0.3 is 5.73 Å². The molecule has 1 aliphatic heterocycles. The second-order valence-corrected chi connectivity index (χ2v) is 1.58. The fraction of sp³-hybridized carbons (Fsp3) is 0.400. The van der Waals surface area contributed by atoms with Crippen LogP contribution in [0.4, 0.5) is 0 Å². The van der Waals surface area contributed by atoms with Crippen molar-refractivity contribution in [1.82, 2.24) is 0 Å². The topological polar surface area (TPSA) is 38.4 Å². The normalized spacial score (nSPS) is 28.4. The second kappa shape index (κ2) is 1.89. The van der Waals surface area contributed by atoms with Gasteiger partial charge in [-0.05, 0) is 6.42 Å². The van der Waals surface area contributed by atoms with E-state index in [1.165, 1.54) is 0 Å². The SMILES string of the molecule is NC1C=NC=CC1. The first-order valence-corrected chi connectivity index (χ1v) is 2.33. The van der Waals surface area contributed by atoms with Gasteiger partial charge in [-0.25, -0.2) is 0 Å². The summed E-state index contributed by atoms with van der Waals surface area (Å²) < 4.78 is 0. The summed E-state index contributed by atoms with van der Waals surface area (Å²) in [5, 5.41) is 0. The van der Waals surface area contributed by atoms with Crippen LogP contribution in [0, 0.1) is 0 Å². The van der Waals surface area contributed by atoms with Crippen molar-refractivity contribution in [3.05, 3.63) is 12.3 Å². The Labute approximate surface area is 42.7 Å². The van der Waals surface area contributed by atoms with E-state index in [1.807, 2.05) is 6.08 Å². The average molecular weight is 96.1 g/mol. The number of nitrogens with two attached hydrogens (primary N) is 1. The van der Waals surface area contributed by atoms with Gasteiger partial charge in [-0.1, -0.05) is 6.08 Å². The van der Waals surface area contributed by atoms with Crippen LogP contribution in [0.25, 0.3) is 0 Å². The highest BCUT2D eigenvalue weighted by atomic mass is 14.7. The minimum atomic E-state index is 0.157. The maximum absolute atomic E-state index is 5.43. The molecule has 0 saturated heterocycles. The van der Waals surface area contributed by atoms with Crippen molar-refractivity contribution in [2.75, 3.05) is 0 Å². The summed E-state index contributed by atoms with van der Waals surface area (Å²) in [6, 6.07) is 0.157. The molecule has 0 radical (unpaired) electrons. The van der Waals surface area contributed by atoms with Gasteiger partial charge in [-0.3, -0.25) is 4.99 Å². The molecule has 2 nitrogen and oxygen atoms in total. The van der Waals surface area contributed by atoms with Crippen molar-refractivity contribution in [3.63, 3.8) is 0 Å². The highest BCUT2D eigenvalue weighted by molar-refractivity contribution is 5.66. The van der Waals surface area contributed by atoms with E-state index in [9.17, 15) is 0 Å². The van der Waals surface area contributed by atoms with E-state index in [4.69, 9.17) is 5.73 Å². The average Bonchev–Trinajstić information content (AvgIpc) is 1.69. The lowest BCUT2D eigenvalue weighted by molar-refractivity contribution is 0.878. The smallest absolute Gasteiger partial charge is 0.0435 e. The van der Waals surface area contributed by atoms with Crippen molar-refractivity contribution in [2.45, 2.75) is 12.5 Å². The maximum atomic E-state index is 5.43. The third kappa shape index (κ3) is 1.12. The zero-order chi connectivity index (χ0) is 5.11. The third-order valence-corrected chi connectivity index (χ3v) is 0.877. The largest absolute Gasteiger partial charge is 0.323 e. The van der Waals surface area contributed by atoms with E-state index < -0.39 is 0 Å². The number of hydrogen-bond donors (Lipinski definition) is 1. The van der Waals surface area contributed by atoms with Crippen LogP contribution in [-0.2, 0) is 0 Å². The van der Waals surface area contributed by atoms with Crippen molar-refractivity contribution in [1.29, 1.82) is 0 Å². The van der Waals surface area contributed by atoms with Crippen LogP contribution < -0.4 is 5.73 Å². The molecule has 0 aromatic carbocycles. The minimum Gasteiger partial charge on any atom is -0.323 e. The molecule has 2 N–H and O–H groups in total. The first-order chi connectivity index (χ1) is 3.39. The lowest BCUT2D eigenvalue weighted by Crippen LogP contribution is -2.21. The Bertz CT molecular complexity index is 105. The van der Waals surface area contributed by atoms with Gasteiger partial charge >= 0.3 is 0 Å². The van der Waals surface area contributed by atoms with Crippen molar-refractivity contribution in [3.8, 4) is 0 Å². The van der Waals surface area contributed by atoms with E-state index in [0.717, 1.165) is 6.42 Å². The van der Waals surface area contributed by atoms with Gasteiger partial charge in [0.25, 0.3) is 0 Å². The summed E-state index contributed by atoms with van der Waals surface area (Å²) in [7, 11) is 0. The summed E-state index contributed by atoms with van der Waals surface area (Å²) in [6.07, 6.45) is 6.41. The quantitative estimate of drug-likeness (QED) is 0.463. The Kier molecular flexibility index (Phi) is 1.22. The second-order valence-electron chi connectivity index (χ2n) is 1.58. The van der Waals surface area contributed by atoms with Crippen LogP contribution in [0.2, 0.25) is 0 Å². The van der Waals surface area contributed by atoms with Gasteiger partial charge in [-0.15, -0.1) is 0 Å². The Hall–Kier alpha value is -0.630. The van der Waals surface area contributed by atoms with Gasteiger partial charge in [0.1, 0.15) is 0 Å². The van der Waals surface area contributed by atoms with Crippen LogP contribution in [0.15, 0.2) is 17.3 Å². The maximum Gasteiger partial charge on any atom is 0.0435 e. The molecule has 0 aromatic rings. The number of rotatable bonds is 0. The Morgan fingerprint density at radius 3 is 2.86 bits per heavy atom. The molecule has 2 heteroatoms. The minimum absolute atomic E-state index is 0.157. The fourth-order valence-corrected chi connectivity index (χ4v) is 0.500. The summed E-state index contributed by atoms with van der Waals surface area (Å²) >= 11 is 0. The molecule has 1 unspecified atom stereocenters. The Morgan fingerprint density at radius 2 is 2.57 bits per heavy atom. The molecule has 0 saturated carbocycles. The lowest BCUT2D eigenvalue weighted by Gasteiger charge is -2.01. The molecule has 1 rings (SSSR count). The zero-order valence-electron chi connectivity index (χ0n) is 4.04. The first-order valence-electron chi connectivity index (χ1n) is 2.33. The van der Waals surface area contributed by atoms with Crippen LogP contribution in [0.3, 0.4) is 0 Å². The van der Waals surface area contributed by atoms with Crippen LogP contribution in [-0.4, -0.2) is 12.3 Å². The van der Waals surface area contributed by atoms with Crippen molar-refractivity contribution >= 4 is 6.21 Å². The van der Waals surface area contributed by atoms with Gasteiger partial charge in [0, 0.05) is 18.5 Å². The van der Waals surface area contributed by atoms with Crippen molar-refractivity contribution < 1.29 is 0 Å². The van der Waals surface area contributed by atoms with E-state index in [0.29, 0.717) is 0 Å². The molecule has 1 atom stereocenters. The Balaban J connectivity index is 2.49. The highest BCUT2D eigenvalue weighted by Gasteiger charge is 1.94. The van der Waals surface area contributed by atoms with E-state index in [-0.39, 0.29) is 6.04 Å². The van der Waals surface area contributed by atoms with E-state index >= 15 is 0 Å². The molecule has 0 amide bonds. The van der Waals surface area contributed by atoms with Gasteiger partial charge in [0.15, 0.2) is 0 Å². The third-order valence-electron chi connectivity index (χ3n) is 0.877. The fourth-order valence-electron chi connectivity index (χ4n) is 0.500. The standard InChI is InChI=1S/C5H8N2/c6-5-2-1-3-7-4-5/h1,3-5H,2,6H2. The highest BCUT2D eigenvalue weighted by Crippen LogP contribution is 1.92. The molecule has 0 spiro atoms. The summed E-state index contributed by atoms with van der Waals surface area (Å²) in [6.45, 7) is 0.